The number of methoxy groups -OCH3 is 1. The Hall–Kier alpha value is -2.22. The lowest BCUT2D eigenvalue weighted by Gasteiger charge is -2.16. The monoisotopic (exact) mass is 373 g/mol. The molecule has 26 heavy (non-hydrogen) atoms. The van der Waals surface area contributed by atoms with E-state index in [1.807, 2.05) is 44.3 Å². The summed E-state index contributed by atoms with van der Waals surface area (Å²) in [7, 11) is 3.76. The predicted octanol–water partition coefficient (Wildman–Crippen LogP) is 3.75. The second kappa shape index (κ2) is 8.93. The first kappa shape index (κ1) is 18.6. The third kappa shape index (κ3) is 4.91. The molecule has 2 heterocycles. The Kier molecular flexibility index (Phi) is 6.38. The van der Waals surface area contributed by atoms with Crippen LogP contribution in [0.15, 0.2) is 36.5 Å². The molecule has 0 saturated carbocycles. The molecule has 7 heteroatoms. The third-order valence-corrected chi connectivity index (χ3v) is 4.97. The van der Waals surface area contributed by atoms with Crippen molar-refractivity contribution in [2.75, 3.05) is 40.5 Å². The fourth-order valence-electron chi connectivity index (χ4n) is 2.36. The highest BCUT2D eigenvalue weighted by atomic mass is 32.1. The van der Waals surface area contributed by atoms with Gasteiger partial charge in [0.1, 0.15) is 18.1 Å². The number of hydrogen-bond donors (Lipinski definition) is 0. The summed E-state index contributed by atoms with van der Waals surface area (Å²) in [6.07, 6.45) is 1.76. The molecule has 0 N–H and O–H groups in total. The van der Waals surface area contributed by atoms with Crippen molar-refractivity contribution in [2.24, 2.45) is 0 Å². The van der Waals surface area contributed by atoms with Crippen molar-refractivity contribution < 1.29 is 14.2 Å². The zero-order chi connectivity index (χ0) is 18.4. The van der Waals surface area contributed by atoms with Crippen molar-refractivity contribution in [3.8, 4) is 16.7 Å². The number of ether oxygens (including phenoxy) is 3. The molecule has 1 aromatic carbocycles. The summed E-state index contributed by atoms with van der Waals surface area (Å²) in [6.45, 7) is 5.14. The third-order valence-electron chi connectivity index (χ3n) is 3.92. The van der Waals surface area contributed by atoms with Crippen molar-refractivity contribution in [3.63, 3.8) is 0 Å². The van der Waals surface area contributed by atoms with Crippen molar-refractivity contribution in [1.82, 2.24) is 14.9 Å². The van der Waals surface area contributed by atoms with E-state index in [1.54, 1.807) is 13.3 Å². The summed E-state index contributed by atoms with van der Waals surface area (Å²) in [4.78, 5) is 10.9. The van der Waals surface area contributed by atoms with Crippen LogP contribution in [-0.2, 0) is 4.74 Å². The first-order valence-corrected chi connectivity index (χ1v) is 9.27. The zero-order valence-corrected chi connectivity index (χ0v) is 16.1. The van der Waals surface area contributed by atoms with Gasteiger partial charge in [-0.3, -0.25) is 0 Å². The SMILES string of the molecule is COCCN(C)CCOc1ccc(Oc2nc3nccc(C)c3s2)cc1. The fraction of sp³-hybridized carbons (Fsp3) is 0.368. The van der Waals surface area contributed by atoms with Gasteiger partial charge in [-0.15, -0.1) is 0 Å². The molecule has 0 amide bonds. The lowest BCUT2D eigenvalue weighted by Crippen LogP contribution is -2.27. The number of likely N-dealkylation sites (N-methyl/N-ethyl adjacent to an activating group) is 1. The van der Waals surface area contributed by atoms with E-state index in [0.717, 1.165) is 47.1 Å². The van der Waals surface area contributed by atoms with Crippen LogP contribution < -0.4 is 9.47 Å². The van der Waals surface area contributed by atoms with E-state index in [2.05, 4.69) is 14.9 Å². The van der Waals surface area contributed by atoms with E-state index in [0.29, 0.717) is 11.8 Å². The van der Waals surface area contributed by atoms with Crippen LogP contribution in [0.1, 0.15) is 5.56 Å². The largest absolute Gasteiger partial charge is 0.492 e. The molecule has 3 rings (SSSR count). The molecule has 0 aliphatic carbocycles. The van der Waals surface area contributed by atoms with Crippen molar-refractivity contribution in [2.45, 2.75) is 6.92 Å². The minimum absolute atomic E-state index is 0.593. The molecule has 3 aromatic rings. The fourth-order valence-corrected chi connectivity index (χ4v) is 3.22. The van der Waals surface area contributed by atoms with Crippen LogP contribution in [0.2, 0.25) is 0 Å². The Morgan fingerprint density at radius 3 is 2.50 bits per heavy atom. The van der Waals surface area contributed by atoms with Crippen molar-refractivity contribution >= 4 is 21.7 Å². The average molecular weight is 373 g/mol. The second-order valence-electron chi connectivity index (χ2n) is 5.98. The van der Waals surface area contributed by atoms with Crippen LogP contribution in [0.3, 0.4) is 0 Å². The molecule has 0 aliphatic rings. The standard InChI is InChI=1S/C19H23N3O3S/c1-14-8-9-20-18-17(14)26-19(21-18)25-16-6-4-15(5-7-16)24-13-11-22(2)10-12-23-3/h4-9H,10-13H2,1-3H3. The van der Waals surface area contributed by atoms with Crippen LogP contribution in [0, 0.1) is 6.92 Å². The maximum Gasteiger partial charge on any atom is 0.281 e. The molecule has 0 bridgehead atoms. The van der Waals surface area contributed by atoms with Gasteiger partial charge in [0.15, 0.2) is 5.65 Å². The van der Waals surface area contributed by atoms with Gasteiger partial charge in [-0.2, -0.15) is 4.98 Å². The predicted molar refractivity (Wildman–Crippen MR) is 104 cm³/mol. The van der Waals surface area contributed by atoms with Gasteiger partial charge < -0.3 is 19.1 Å². The molecule has 6 nitrogen and oxygen atoms in total. The van der Waals surface area contributed by atoms with Gasteiger partial charge in [0.2, 0.25) is 0 Å². The van der Waals surface area contributed by atoms with E-state index in [1.165, 1.54) is 11.3 Å². The number of benzene rings is 1. The smallest absolute Gasteiger partial charge is 0.281 e. The number of nitrogens with zero attached hydrogens (tertiary/aromatic N) is 3. The number of aromatic nitrogens is 2. The van der Waals surface area contributed by atoms with Gasteiger partial charge in [0.05, 0.1) is 11.3 Å². The van der Waals surface area contributed by atoms with E-state index in [9.17, 15) is 0 Å². The molecule has 0 aliphatic heterocycles. The lowest BCUT2D eigenvalue weighted by atomic mass is 10.3. The highest BCUT2D eigenvalue weighted by Crippen LogP contribution is 2.32. The topological polar surface area (TPSA) is 56.7 Å². The first-order chi connectivity index (χ1) is 12.7. The highest BCUT2D eigenvalue weighted by Gasteiger charge is 2.09. The molecule has 2 aromatic heterocycles. The minimum atomic E-state index is 0.593. The molecule has 138 valence electrons. The Balaban J connectivity index is 1.53. The number of hydrogen-bond acceptors (Lipinski definition) is 7. The van der Waals surface area contributed by atoms with E-state index >= 15 is 0 Å². The van der Waals surface area contributed by atoms with Crippen LogP contribution in [0.25, 0.3) is 10.3 Å². The van der Waals surface area contributed by atoms with E-state index in [4.69, 9.17) is 14.2 Å². The normalized spacial score (nSPS) is 11.2. The van der Waals surface area contributed by atoms with Gasteiger partial charge >= 0.3 is 0 Å². The summed E-state index contributed by atoms with van der Waals surface area (Å²) in [5.41, 5.74) is 1.88. The molecule has 0 unspecified atom stereocenters. The summed E-state index contributed by atoms with van der Waals surface area (Å²) in [6, 6.07) is 9.55. The second-order valence-corrected chi connectivity index (χ2v) is 6.94. The van der Waals surface area contributed by atoms with E-state index in [-0.39, 0.29) is 0 Å². The quantitative estimate of drug-likeness (QED) is 0.569. The number of aryl methyl sites for hydroxylation is 1. The van der Waals surface area contributed by atoms with Gasteiger partial charge in [-0.05, 0) is 49.9 Å². The molecular formula is C19H23N3O3S. The van der Waals surface area contributed by atoms with Gasteiger partial charge in [-0.25, -0.2) is 4.98 Å². The zero-order valence-electron chi connectivity index (χ0n) is 15.3. The molecule has 0 radical (unpaired) electrons. The Morgan fingerprint density at radius 2 is 1.77 bits per heavy atom. The number of fused-ring (bicyclic) bond motifs is 1. The van der Waals surface area contributed by atoms with Gasteiger partial charge in [0.25, 0.3) is 5.19 Å². The maximum absolute atomic E-state index is 5.85. The molecule has 0 saturated heterocycles. The molecular weight excluding hydrogens is 350 g/mol. The van der Waals surface area contributed by atoms with Crippen LogP contribution in [-0.4, -0.2) is 55.3 Å². The lowest BCUT2D eigenvalue weighted by molar-refractivity contribution is 0.150. The number of pyridine rings is 1. The van der Waals surface area contributed by atoms with Crippen molar-refractivity contribution in [1.29, 1.82) is 0 Å². The average Bonchev–Trinajstić information content (AvgIpc) is 3.05. The molecule has 0 fully saturated rings. The van der Waals surface area contributed by atoms with Gasteiger partial charge in [0, 0.05) is 26.4 Å². The minimum Gasteiger partial charge on any atom is -0.492 e. The summed E-state index contributed by atoms with van der Waals surface area (Å²) in [5, 5.41) is 0.593. The number of thiazole rings is 1. The maximum atomic E-state index is 5.85. The molecule has 0 atom stereocenters. The summed E-state index contributed by atoms with van der Waals surface area (Å²) >= 11 is 1.50. The van der Waals surface area contributed by atoms with E-state index < -0.39 is 0 Å². The van der Waals surface area contributed by atoms with Gasteiger partial charge in [-0.1, -0.05) is 11.3 Å². The first-order valence-electron chi connectivity index (χ1n) is 8.46. The van der Waals surface area contributed by atoms with Crippen LogP contribution in [0.4, 0.5) is 0 Å². The summed E-state index contributed by atoms with van der Waals surface area (Å²) in [5.74, 6) is 1.55. The summed E-state index contributed by atoms with van der Waals surface area (Å²) < 4.78 is 17.7. The Morgan fingerprint density at radius 1 is 1.04 bits per heavy atom. The highest BCUT2D eigenvalue weighted by molar-refractivity contribution is 7.20. The van der Waals surface area contributed by atoms with Crippen molar-refractivity contribution in [3.05, 3.63) is 42.1 Å². The van der Waals surface area contributed by atoms with Crippen LogP contribution >= 0.6 is 11.3 Å². The number of rotatable bonds is 9. The molecule has 0 spiro atoms. The van der Waals surface area contributed by atoms with Crippen LogP contribution in [0.5, 0.6) is 16.7 Å². The Labute approximate surface area is 157 Å². The Bertz CT molecular complexity index is 836.